The summed E-state index contributed by atoms with van der Waals surface area (Å²) in [6.45, 7) is 3.86. The third-order valence-electron chi connectivity index (χ3n) is 5.12. The lowest BCUT2D eigenvalue weighted by molar-refractivity contribution is -0.118. The number of amides is 2. The molecule has 3 aromatic rings. The van der Waals surface area contributed by atoms with Crippen LogP contribution in [0, 0.1) is 6.92 Å². The summed E-state index contributed by atoms with van der Waals surface area (Å²) in [6, 6.07) is 15.8. The van der Waals surface area contributed by atoms with E-state index in [9.17, 15) is 9.59 Å². The number of anilines is 1. The molecule has 7 nitrogen and oxygen atoms in total. The zero-order valence-corrected chi connectivity index (χ0v) is 23.4. The number of hydrogen-bond acceptors (Lipinski definition) is 6. The normalized spacial score (nSPS) is 15.0. The van der Waals surface area contributed by atoms with E-state index in [0.29, 0.717) is 49.4 Å². The second-order valence-corrected chi connectivity index (χ2v) is 10.2. The van der Waals surface area contributed by atoms with Gasteiger partial charge in [-0.3, -0.25) is 9.59 Å². The van der Waals surface area contributed by atoms with E-state index >= 15 is 0 Å². The summed E-state index contributed by atoms with van der Waals surface area (Å²) >= 11 is 19.9. The Balaban J connectivity index is 1.50. The standard InChI is InChI=1S/C27H22Cl3N3O4S/c1-3-36-21-12-16(11-19(29)25(21)37-14-23(34)31-17-9-7-15(2)8-10-17)13-22-26(35)33-27(38-22)32-20-6-4-5-18(28)24(20)30/h4-13H,3,14H2,1-2H3,(H,31,34)(H,32,33,35)/b22-13+. The van der Waals surface area contributed by atoms with Crippen LogP contribution in [0.1, 0.15) is 18.1 Å². The topological polar surface area (TPSA) is 89.0 Å². The van der Waals surface area contributed by atoms with Gasteiger partial charge in [0, 0.05) is 5.69 Å². The molecule has 2 N–H and O–H groups in total. The average molecular weight is 591 g/mol. The Bertz CT molecular complexity index is 1440. The summed E-state index contributed by atoms with van der Waals surface area (Å²) in [5, 5.41) is 6.74. The Hall–Kier alpha value is -3.17. The Kier molecular flexibility index (Phi) is 9.22. The van der Waals surface area contributed by atoms with Crippen molar-refractivity contribution in [2.75, 3.05) is 18.5 Å². The highest BCUT2D eigenvalue weighted by Gasteiger charge is 2.25. The van der Waals surface area contributed by atoms with Gasteiger partial charge in [-0.15, -0.1) is 0 Å². The lowest BCUT2D eigenvalue weighted by Crippen LogP contribution is -2.20. The number of aliphatic imine (C=N–C) groups is 1. The summed E-state index contributed by atoms with van der Waals surface area (Å²) in [7, 11) is 0. The van der Waals surface area contributed by atoms with Crippen LogP contribution in [0.5, 0.6) is 11.5 Å². The molecule has 11 heteroatoms. The maximum atomic E-state index is 12.6. The molecule has 0 radical (unpaired) electrons. The molecule has 1 aliphatic heterocycles. The third kappa shape index (κ3) is 7.02. The van der Waals surface area contributed by atoms with E-state index in [2.05, 4.69) is 15.6 Å². The molecule has 0 bridgehead atoms. The number of rotatable bonds is 8. The second kappa shape index (κ2) is 12.6. The molecule has 1 fully saturated rings. The van der Waals surface area contributed by atoms with Crippen molar-refractivity contribution in [1.29, 1.82) is 0 Å². The van der Waals surface area contributed by atoms with Gasteiger partial charge in [0.2, 0.25) is 0 Å². The maximum Gasteiger partial charge on any atom is 0.264 e. The Morgan fingerprint density at radius 2 is 1.84 bits per heavy atom. The molecule has 0 unspecified atom stereocenters. The first-order valence-electron chi connectivity index (χ1n) is 11.4. The number of halogens is 3. The molecule has 0 aromatic heterocycles. The lowest BCUT2D eigenvalue weighted by Gasteiger charge is -2.14. The first-order valence-corrected chi connectivity index (χ1v) is 13.4. The highest BCUT2D eigenvalue weighted by atomic mass is 35.5. The van der Waals surface area contributed by atoms with Crippen LogP contribution in [0.25, 0.3) is 6.08 Å². The van der Waals surface area contributed by atoms with Crippen molar-refractivity contribution in [1.82, 2.24) is 5.32 Å². The largest absolute Gasteiger partial charge is 0.490 e. The molecule has 1 saturated heterocycles. The molecule has 0 saturated carbocycles. The zero-order chi connectivity index (χ0) is 27.2. The molecule has 38 heavy (non-hydrogen) atoms. The van der Waals surface area contributed by atoms with Gasteiger partial charge in [0.05, 0.1) is 32.3 Å². The summed E-state index contributed by atoms with van der Waals surface area (Å²) in [6.07, 6.45) is 1.66. The number of thioether (sulfide) groups is 1. The van der Waals surface area contributed by atoms with Gasteiger partial charge in [-0.25, -0.2) is 4.99 Å². The predicted octanol–water partition coefficient (Wildman–Crippen LogP) is 7.26. The van der Waals surface area contributed by atoms with Gasteiger partial charge >= 0.3 is 0 Å². The number of carbonyl (C=O) groups is 2. The quantitative estimate of drug-likeness (QED) is 0.270. The minimum absolute atomic E-state index is 0.231. The number of nitrogens with zero attached hydrogens (tertiary/aromatic N) is 1. The Morgan fingerprint density at radius 3 is 2.58 bits per heavy atom. The predicted molar refractivity (Wildman–Crippen MR) is 155 cm³/mol. The molecule has 1 aliphatic rings. The fourth-order valence-corrected chi connectivity index (χ4v) is 4.81. The Labute approximate surface area is 239 Å². The summed E-state index contributed by atoms with van der Waals surface area (Å²) in [5.41, 5.74) is 2.80. The molecule has 2 amide bonds. The lowest BCUT2D eigenvalue weighted by atomic mass is 10.2. The van der Waals surface area contributed by atoms with Crippen LogP contribution < -0.4 is 20.1 Å². The third-order valence-corrected chi connectivity index (χ3v) is 7.12. The van der Waals surface area contributed by atoms with Crippen molar-refractivity contribution in [3.05, 3.63) is 85.7 Å². The smallest absolute Gasteiger partial charge is 0.264 e. The van der Waals surface area contributed by atoms with Crippen molar-refractivity contribution in [2.45, 2.75) is 13.8 Å². The molecule has 1 heterocycles. The summed E-state index contributed by atoms with van der Waals surface area (Å²) < 4.78 is 11.4. The van der Waals surface area contributed by atoms with Crippen molar-refractivity contribution in [3.8, 4) is 11.5 Å². The zero-order valence-electron chi connectivity index (χ0n) is 20.3. The first-order chi connectivity index (χ1) is 18.2. The fourth-order valence-electron chi connectivity index (χ4n) is 3.37. The van der Waals surface area contributed by atoms with Crippen LogP contribution >= 0.6 is 46.6 Å². The average Bonchev–Trinajstić information content (AvgIpc) is 3.21. The number of nitrogens with one attached hydrogen (secondary N) is 2. The highest BCUT2D eigenvalue weighted by Crippen LogP contribution is 2.39. The molecular weight excluding hydrogens is 569 g/mol. The number of benzene rings is 3. The summed E-state index contributed by atoms with van der Waals surface area (Å²) in [4.78, 5) is 29.7. The van der Waals surface area contributed by atoms with Gasteiger partial charge in [0.1, 0.15) is 0 Å². The van der Waals surface area contributed by atoms with Crippen LogP contribution in [0.15, 0.2) is 64.5 Å². The van der Waals surface area contributed by atoms with Crippen LogP contribution in [-0.4, -0.2) is 30.2 Å². The Morgan fingerprint density at radius 1 is 1.08 bits per heavy atom. The molecule has 0 spiro atoms. The highest BCUT2D eigenvalue weighted by molar-refractivity contribution is 8.18. The maximum absolute atomic E-state index is 12.6. The van der Waals surface area contributed by atoms with Crippen LogP contribution in [0.2, 0.25) is 15.1 Å². The van der Waals surface area contributed by atoms with Crippen molar-refractivity contribution in [2.24, 2.45) is 4.99 Å². The monoisotopic (exact) mass is 589 g/mol. The number of carbonyl (C=O) groups excluding carboxylic acids is 2. The fraction of sp³-hybridized carbons (Fsp3) is 0.148. The van der Waals surface area contributed by atoms with Gasteiger partial charge in [-0.1, -0.05) is 58.6 Å². The number of ether oxygens (including phenoxy) is 2. The molecule has 3 aromatic carbocycles. The van der Waals surface area contributed by atoms with E-state index < -0.39 is 0 Å². The number of amidine groups is 1. The second-order valence-electron chi connectivity index (χ2n) is 8.02. The van der Waals surface area contributed by atoms with Crippen molar-refractivity contribution < 1.29 is 19.1 Å². The van der Waals surface area contributed by atoms with Crippen LogP contribution in [-0.2, 0) is 9.59 Å². The van der Waals surface area contributed by atoms with Gasteiger partial charge in [0.25, 0.3) is 11.8 Å². The molecule has 196 valence electrons. The SMILES string of the molecule is CCOc1cc(/C=C2/SC(=Nc3cccc(Cl)c3Cl)NC2=O)cc(Cl)c1OCC(=O)Nc1ccc(C)cc1. The molecular formula is C27H22Cl3N3O4S. The molecule has 0 aliphatic carbocycles. The van der Waals surface area contributed by atoms with Gasteiger partial charge in [-0.2, -0.15) is 0 Å². The van der Waals surface area contributed by atoms with E-state index in [0.717, 1.165) is 17.3 Å². The van der Waals surface area contributed by atoms with Gasteiger partial charge < -0.3 is 20.1 Å². The van der Waals surface area contributed by atoms with E-state index in [1.807, 2.05) is 38.1 Å². The molecule has 0 atom stereocenters. The van der Waals surface area contributed by atoms with E-state index in [1.165, 1.54) is 0 Å². The van der Waals surface area contributed by atoms with Crippen LogP contribution in [0.4, 0.5) is 11.4 Å². The number of hydrogen-bond donors (Lipinski definition) is 2. The minimum atomic E-state index is -0.343. The minimum Gasteiger partial charge on any atom is -0.490 e. The first kappa shape index (κ1) is 27.9. The number of aryl methyl sites for hydroxylation is 1. The van der Waals surface area contributed by atoms with Gasteiger partial charge in [0.15, 0.2) is 23.3 Å². The van der Waals surface area contributed by atoms with Crippen molar-refractivity contribution in [3.63, 3.8) is 0 Å². The summed E-state index contributed by atoms with van der Waals surface area (Å²) in [5.74, 6) is -0.0904. The molecule has 4 rings (SSSR count). The van der Waals surface area contributed by atoms with Crippen LogP contribution in [0.3, 0.4) is 0 Å². The van der Waals surface area contributed by atoms with E-state index in [4.69, 9.17) is 44.3 Å². The van der Waals surface area contributed by atoms with Crippen molar-refractivity contribution >= 4 is 81.0 Å². The van der Waals surface area contributed by atoms with E-state index in [-0.39, 0.29) is 29.2 Å². The van der Waals surface area contributed by atoms with E-state index in [1.54, 1.807) is 36.4 Å². The van der Waals surface area contributed by atoms with Gasteiger partial charge in [-0.05, 0) is 73.6 Å².